The highest BCUT2D eigenvalue weighted by Crippen LogP contribution is 2.33. The van der Waals surface area contributed by atoms with Gasteiger partial charge in [-0.05, 0) is 44.7 Å². The molecule has 0 unspecified atom stereocenters. The van der Waals surface area contributed by atoms with Crippen LogP contribution in [0.2, 0.25) is 0 Å². The number of aromatic nitrogens is 1. The van der Waals surface area contributed by atoms with E-state index in [0.29, 0.717) is 6.04 Å². The molecule has 1 aromatic heterocycles. The average molecular weight is 543 g/mol. The van der Waals surface area contributed by atoms with Gasteiger partial charge >= 0.3 is 24.3 Å². The van der Waals surface area contributed by atoms with Crippen molar-refractivity contribution in [3.8, 4) is 0 Å². The molecule has 1 amide bonds. The molecule has 1 saturated carbocycles. The van der Waals surface area contributed by atoms with Crippen molar-refractivity contribution in [1.29, 1.82) is 0 Å². The predicted octanol–water partition coefficient (Wildman–Crippen LogP) is 2.91. The number of pyridine rings is 1. The summed E-state index contributed by atoms with van der Waals surface area (Å²) in [6.45, 7) is 4.54. The molecule has 1 aliphatic carbocycles. The first-order chi connectivity index (χ1) is 17.1. The van der Waals surface area contributed by atoms with Crippen molar-refractivity contribution >= 4 is 17.8 Å². The summed E-state index contributed by atoms with van der Waals surface area (Å²) in [6, 6.07) is 6.70. The van der Waals surface area contributed by atoms with E-state index < -0.39 is 24.3 Å². The van der Waals surface area contributed by atoms with Crippen molar-refractivity contribution in [3.05, 3.63) is 29.6 Å². The first kappa shape index (κ1) is 30.3. The number of hydrogen-bond donors (Lipinski definition) is 3. The van der Waals surface area contributed by atoms with E-state index in [-0.39, 0.29) is 24.0 Å². The van der Waals surface area contributed by atoms with Gasteiger partial charge < -0.3 is 20.3 Å². The number of ether oxygens (including phenoxy) is 1. The lowest BCUT2D eigenvalue weighted by molar-refractivity contribution is -0.193. The second-order valence-corrected chi connectivity index (χ2v) is 8.74. The first-order valence-corrected chi connectivity index (χ1v) is 11.3. The summed E-state index contributed by atoms with van der Waals surface area (Å²) < 4.78 is 69.5. The number of alkyl halides is 6. The van der Waals surface area contributed by atoms with E-state index in [1.165, 1.54) is 0 Å². The molecule has 2 saturated heterocycles. The normalized spacial score (nSPS) is 23.5. The molecule has 0 spiro atoms. The molecule has 0 radical (unpaired) electrons. The molecule has 3 atom stereocenters. The summed E-state index contributed by atoms with van der Waals surface area (Å²) >= 11 is 0. The second-order valence-electron chi connectivity index (χ2n) is 8.74. The molecule has 3 N–H and O–H groups in total. The van der Waals surface area contributed by atoms with Crippen molar-refractivity contribution in [2.24, 2.45) is 5.92 Å². The predicted molar refractivity (Wildman–Crippen MR) is 114 cm³/mol. The quantitative estimate of drug-likeness (QED) is 0.495. The van der Waals surface area contributed by atoms with Crippen molar-refractivity contribution in [3.63, 3.8) is 0 Å². The van der Waals surface area contributed by atoms with Gasteiger partial charge in [-0.25, -0.2) is 9.59 Å². The van der Waals surface area contributed by atoms with Crippen molar-refractivity contribution in [2.75, 3.05) is 13.2 Å². The molecular weight excluding hydrogens is 516 g/mol. The zero-order chi connectivity index (χ0) is 28.0. The number of carbonyl (C=O) groups is 3. The van der Waals surface area contributed by atoms with Crippen LogP contribution in [0.15, 0.2) is 18.2 Å². The topological polar surface area (TPSA) is 129 Å². The number of rotatable bonds is 4. The third kappa shape index (κ3) is 9.80. The maximum atomic E-state index is 12.1. The van der Waals surface area contributed by atoms with Crippen LogP contribution in [0.1, 0.15) is 37.1 Å². The number of aryl methyl sites for hydroxylation is 1. The Labute approximate surface area is 207 Å². The van der Waals surface area contributed by atoms with E-state index in [1.807, 2.05) is 13.0 Å². The molecule has 15 heteroatoms. The average Bonchev–Trinajstić information content (AvgIpc) is 3.58. The third-order valence-electron chi connectivity index (χ3n) is 5.70. The number of hydrogen-bond acceptors (Lipinski definition) is 6. The molecule has 3 aliphatic rings. The van der Waals surface area contributed by atoms with Gasteiger partial charge in [-0.15, -0.1) is 0 Å². The molecule has 4 rings (SSSR count). The Hall–Kier alpha value is -2.94. The Morgan fingerprint density at radius 1 is 1.05 bits per heavy atom. The number of carboxylic acids is 2. The lowest BCUT2D eigenvalue weighted by Crippen LogP contribution is -2.48. The Kier molecular flexibility index (Phi) is 10.3. The summed E-state index contributed by atoms with van der Waals surface area (Å²) in [7, 11) is 0. The molecule has 2 aliphatic heterocycles. The second kappa shape index (κ2) is 12.5. The lowest BCUT2D eigenvalue weighted by Gasteiger charge is -2.32. The number of amides is 1. The largest absolute Gasteiger partial charge is 0.490 e. The van der Waals surface area contributed by atoms with Crippen LogP contribution < -0.4 is 5.32 Å². The highest BCUT2D eigenvalue weighted by Gasteiger charge is 2.45. The highest BCUT2D eigenvalue weighted by molar-refractivity contribution is 5.81. The van der Waals surface area contributed by atoms with Crippen LogP contribution in [0.25, 0.3) is 0 Å². The van der Waals surface area contributed by atoms with Gasteiger partial charge in [-0.2, -0.15) is 26.3 Å². The molecule has 0 aromatic carbocycles. The van der Waals surface area contributed by atoms with Crippen LogP contribution in [0.3, 0.4) is 0 Å². The molecule has 9 nitrogen and oxygen atoms in total. The van der Waals surface area contributed by atoms with E-state index in [9.17, 15) is 31.1 Å². The number of fused-ring (bicyclic) bond motifs is 1. The zero-order valence-corrected chi connectivity index (χ0v) is 19.7. The smallest absolute Gasteiger partial charge is 0.475 e. The molecule has 37 heavy (non-hydrogen) atoms. The van der Waals surface area contributed by atoms with Crippen LogP contribution in [0, 0.1) is 12.8 Å². The Balaban J connectivity index is 0.000000286. The van der Waals surface area contributed by atoms with E-state index >= 15 is 0 Å². The lowest BCUT2D eigenvalue weighted by atomic mass is 10.0. The summed E-state index contributed by atoms with van der Waals surface area (Å²) in [5.41, 5.74) is 2.15. The van der Waals surface area contributed by atoms with Gasteiger partial charge in [0.15, 0.2) is 0 Å². The summed E-state index contributed by atoms with van der Waals surface area (Å²) in [5.74, 6) is -5.04. The Morgan fingerprint density at radius 2 is 1.62 bits per heavy atom. The van der Waals surface area contributed by atoms with E-state index in [0.717, 1.165) is 56.8 Å². The van der Waals surface area contributed by atoms with Crippen LogP contribution in [0.5, 0.6) is 0 Å². The van der Waals surface area contributed by atoms with Gasteiger partial charge in [0.25, 0.3) is 0 Å². The molecular formula is C22H27F6N3O6. The zero-order valence-electron chi connectivity index (χ0n) is 19.7. The number of aliphatic carboxylic acids is 2. The molecule has 3 fully saturated rings. The summed E-state index contributed by atoms with van der Waals surface area (Å²) in [6.07, 6.45) is -5.69. The van der Waals surface area contributed by atoms with Crippen LogP contribution >= 0.6 is 0 Å². The van der Waals surface area contributed by atoms with Gasteiger partial charge in [-0.1, -0.05) is 6.07 Å². The van der Waals surface area contributed by atoms with Gasteiger partial charge in [0.05, 0.1) is 17.8 Å². The van der Waals surface area contributed by atoms with Gasteiger partial charge in [0.2, 0.25) is 5.91 Å². The van der Waals surface area contributed by atoms with Crippen LogP contribution in [-0.2, 0) is 25.7 Å². The van der Waals surface area contributed by atoms with Crippen LogP contribution in [-0.4, -0.2) is 81.6 Å². The maximum Gasteiger partial charge on any atom is 0.490 e. The fourth-order valence-corrected chi connectivity index (χ4v) is 3.91. The minimum atomic E-state index is -5.08. The van der Waals surface area contributed by atoms with Crippen LogP contribution in [0.4, 0.5) is 26.3 Å². The summed E-state index contributed by atoms with van der Waals surface area (Å²) in [4.78, 5) is 37.0. The number of carboxylic acid groups (broad SMARTS) is 2. The number of likely N-dealkylation sites (tertiary alicyclic amines) is 1. The van der Waals surface area contributed by atoms with Crippen molar-refractivity contribution in [1.82, 2.24) is 15.2 Å². The van der Waals surface area contributed by atoms with Crippen molar-refractivity contribution < 1.29 is 55.7 Å². The first-order valence-electron chi connectivity index (χ1n) is 11.3. The number of nitrogens with zero attached hydrogens (tertiary/aromatic N) is 2. The van der Waals surface area contributed by atoms with Gasteiger partial charge in [-0.3, -0.25) is 14.7 Å². The maximum absolute atomic E-state index is 12.1. The SMILES string of the molecule is Cc1cccc(CN2C[C@@H](NC(=O)C3CC3)[C@H]3OCCC[C@H]32)n1.O=C(O)C(F)(F)F.O=C(O)C(F)(F)F. The van der Waals surface area contributed by atoms with E-state index in [2.05, 4.69) is 27.3 Å². The monoisotopic (exact) mass is 543 g/mol. The van der Waals surface area contributed by atoms with Gasteiger partial charge in [0.1, 0.15) is 0 Å². The summed E-state index contributed by atoms with van der Waals surface area (Å²) in [5, 5.41) is 17.5. The number of nitrogens with one attached hydrogen (secondary N) is 1. The Morgan fingerprint density at radius 3 is 2.11 bits per heavy atom. The number of halogens is 6. The van der Waals surface area contributed by atoms with E-state index in [1.54, 1.807) is 0 Å². The third-order valence-corrected chi connectivity index (χ3v) is 5.70. The molecule has 208 valence electrons. The fraction of sp³-hybridized carbons (Fsp3) is 0.636. The molecule has 0 bridgehead atoms. The minimum Gasteiger partial charge on any atom is -0.475 e. The molecule has 1 aromatic rings. The standard InChI is InChI=1S/C18H25N3O2.2C2HF3O2/c1-12-4-2-5-14(19-12)10-21-11-15(20-18(22)13-7-8-13)17-16(21)6-3-9-23-17;2*3-2(4,5)1(6)7/h2,4-5,13,15-17H,3,6-11H2,1H3,(H,20,22);2*(H,6,7)/t15-,16-,17-;;/m1../s1. The molecule has 3 heterocycles. The highest BCUT2D eigenvalue weighted by atomic mass is 19.4. The van der Waals surface area contributed by atoms with Crippen molar-refractivity contribution in [2.45, 2.75) is 69.7 Å². The van der Waals surface area contributed by atoms with E-state index in [4.69, 9.17) is 24.5 Å². The fourth-order valence-electron chi connectivity index (χ4n) is 3.91. The number of carbonyl (C=O) groups excluding carboxylic acids is 1. The van der Waals surface area contributed by atoms with Gasteiger partial charge in [0, 0.05) is 37.4 Å². The minimum absolute atomic E-state index is 0.123. The Bertz CT molecular complexity index is 930.